The fourth-order valence-corrected chi connectivity index (χ4v) is 2.87. The standard InChI is InChI=1S/C14H19ClFN/c15-13-6-3-4-11(8-13)9-17-10-12-5-1-2-7-14(12)16/h1-2,5,7,11,13,17H,3-4,6,8-10H2. The number of hydrogen-bond acceptors (Lipinski definition) is 1. The molecule has 0 aliphatic heterocycles. The van der Waals surface area contributed by atoms with E-state index in [-0.39, 0.29) is 5.82 Å². The summed E-state index contributed by atoms with van der Waals surface area (Å²) in [7, 11) is 0. The van der Waals surface area contributed by atoms with Crippen LogP contribution in [0, 0.1) is 11.7 Å². The molecule has 0 radical (unpaired) electrons. The molecule has 17 heavy (non-hydrogen) atoms. The Hall–Kier alpha value is -0.600. The predicted octanol–water partition coefficient (Wildman–Crippen LogP) is 3.71. The number of halogens is 2. The Kier molecular flexibility index (Phi) is 4.81. The molecule has 0 bridgehead atoms. The van der Waals surface area contributed by atoms with Crippen LogP contribution in [0.3, 0.4) is 0 Å². The van der Waals surface area contributed by atoms with Crippen molar-refractivity contribution < 1.29 is 4.39 Å². The molecule has 1 aliphatic rings. The smallest absolute Gasteiger partial charge is 0.127 e. The second-order valence-corrected chi connectivity index (χ2v) is 5.47. The third-order valence-electron chi connectivity index (χ3n) is 3.43. The molecule has 0 saturated heterocycles. The Morgan fingerprint density at radius 2 is 2.12 bits per heavy atom. The Balaban J connectivity index is 1.74. The fraction of sp³-hybridized carbons (Fsp3) is 0.571. The van der Waals surface area contributed by atoms with E-state index < -0.39 is 0 Å². The molecule has 2 atom stereocenters. The second-order valence-electron chi connectivity index (χ2n) is 4.85. The van der Waals surface area contributed by atoms with Gasteiger partial charge in [0.2, 0.25) is 0 Å². The summed E-state index contributed by atoms with van der Waals surface area (Å²) in [5.74, 6) is 0.525. The molecule has 94 valence electrons. The first-order valence-corrected chi connectivity index (χ1v) is 6.77. The van der Waals surface area contributed by atoms with Gasteiger partial charge in [-0.1, -0.05) is 24.6 Å². The van der Waals surface area contributed by atoms with Gasteiger partial charge in [-0.3, -0.25) is 0 Å². The lowest BCUT2D eigenvalue weighted by Gasteiger charge is -2.25. The highest BCUT2D eigenvalue weighted by Crippen LogP contribution is 2.27. The molecule has 1 N–H and O–H groups in total. The van der Waals surface area contributed by atoms with Crippen molar-refractivity contribution >= 4 is 11.6 Å². The van der Waals surface area contributed by atoms with Crippen molar-refractivity contribution in [3.8, 4) is 0 Å². The van der Waals surface area contributed by atoms with E-state index in [4.69, 9.17) is 11.6 Å². The molecule has 3 heteroatoms. The number of nitrogens with one attached hydrogen (secondary N) is 1. The van der Waals surface area contributed by atoms with Crippen LogP contribution >= 0.6 is 11.6 Å². The molecule has 1 saturated carbocycles. The average Bonchev–Trinajstić information content (AvgIpc) is 2.32. The summed E-state index contributed by atoms with van der Waals surface area (Å²) in [5, 5.41) is 3.67. The molecular formula is C14H19ClFN. The van der Waals surface area contributed by atoms with Crippen LogP contribution in [0.2, 0.25) is 0 Å². The van der Waals surface area contributed by atoms with Crippen molar-refractivity contribution in [1.29, 1.82) is 0 Å². The van der Waals surface area contributed by atoms with Gasteiger partial charge in [0.05, 0.1) is 0 Å². The van der Waals surface area contributed by atoms with Crippen LogP contribution in [0.25, 0.3) is 0 Å². The van der Waals surface area contributed by atoms with E-state index in [0.717, 1.165) is 24.9 Å². The highest BCUT2D eigenvalue weighted by Gasteiger charge is 2.19. The Morgan fingerprint density at radius 3 is 2.88 bits per heavy atom. The fourth-order valence-electron chi connectivity index (χ4n) is 2.46. The van der Waals surface area contributed by atoms with Crippen LogP contribution in [-0.4, -0.2) is 11.9 Å². The van der Waals surface area contributed by atoms with Gasteiger partial charge < -0.3 is 5.32 Å². The molecule has 0 spiro atoms. The van der Waals surface area contributed by atoms with Crippen LogP contribution in [0.1, 0.15) is 31.2 Å². The maximum Gasteiger partial charge on any atom is 0.127 e. The van der Waals surface area contributed by atoms with Crippen LogP contribution in [-0.2, 0) is 6.54 Å². The molecule has 1 nitrogen and oxygen atoms in total. The van der Waals surface area contributed by atoms with Gasteiger partial charge in [0, 0.05) is 17.5 Å². The minimum Gasteiger partial charge on any atom is -0.312 e. The van der Waals surface area contributed by atoms with Gasteiger partial charge in [0.15, 0.2) is 0 Å². The van der Waals surface area contributed by atoms with E-state index in [0.29, 0.717) is 17.8 Å². The summed E-state index contributed by atoms with van der Waals surface area (Å²) in [6.45, 7) is 1.55. The third-order valence-corrected chi connectivity index (χ3v) is 3.82. The lowest BCUT2D eigenvalue weighted by Crippen LogP contribution is -2.27. The number of hydrogen-bond donors (Lipinski definition) is 1. The van der Waals surface area contributed by atoms with Crippen LogP contribution in [0.4, 0.5) is 4.39 Å². The van der Waals surface area contributed by atoms with Gasteiger partial charge in [0.1, 0.15) is 5.82 Å². The van der Waals surface area contributed by atoms with Crippen molar-refractivity contribution in [1.82, 2.24) is 5.32 Å². The van der Waals surface area contributed by atoms with Gasteiger partial charge >= 0.3 is 0 Å². The summed E-state index contributed by atoms with van der Waals surface area (Å²) in [6.07, 6.45) is 4.70. The third kappa shape index (κ3) is 3.97. The topological polar surface area (TPSA) is 12.0 Å². The van der Waals surface area contributed by atoms with Crippen LogP contribution in [0.15, 0.2) is 24.3 Å². The second kappa shape index (κ2) is 6.36. The summed E-state index contributed by atoms with van der Waals surface area (Å²) in [5.41, 5.74) is 0.741. The summed E-state index contributed by atoms with van der Waals surface area (Å²) < 4.78 is 13.4. The summed E-state index contributed by atoms with van der Waals surface area (Å²) in [4.78, 5) is 0. The van der Waals surface area contributed by atoms with E-state index in [1.165, 1.54) is 18.9 Å². The first-order chi connectivity index (χ1) is 8.25. The van der Waals surface area contributed by atoms with Crippen molar-refractivity contribution in [3.63, 3.8) is 0 Å². The molecule has 2 rings (SSSR count). The minimum absolute atomic E-state index is 0.126. The molecule has 1 aromatic carbocycles. The van der Waals surface area contributed by atoms with Crippen molar-refractivity contribution in [2.45, 2.75) is 37.6 Å². The zero-order chi connectivity index (χ0) is 12.1. The van der Waals surface area contributed by atoms with E-state index in [2.05, 4.69) is 5.32 Å². The van der Waals surface area contributed by atoms with E-state index >= 15 is 0 Å². The largest absolute Gasteiger partial charge is 0.312 e. The zero-order valence-corrected chi connectivity index (χ0v) is 10.7. The van der Waals surface area contributed by atoms with Crippen molar-refractivity contribution in [2.75, 3.05) is 6.54 Å². The first-order valence-electron chi connectivity index (χ1n) is 6.34. The predicted molar refractivity (Wildman–Crippen MR) is 69.7 cm³/mol. The number of rotatable bonds is 4. The summed E-state index contributed by atoms with van der Waals surface area (Å²) in [6, 6.07) is 6.92. The lowest BCUT2D eigenvalue weighted by molar-refractivity contribution is 0.345. The molecule has 0 heterocycles. The van der Waals surface area contributed by atoms with Crippen LogP contribution < -0.4 is 5.32 Å². The first kappa shape index (κ1) is 12.8. The normalized spacial score (nSPS) is 24.8. The van der Waals surface area contributed by atoms with E-state index in [1.54, 1.807) is 6.07 Å². The Morgan fingerprint density at radius 1 is 1.29 bits per heavy atom. The molecular weight excluding hydrogens is 237 g/mol. The van der Waals surface area contributed by atoms with Gasteiger partial charge in [-0.2, -0.15) is 0 Å². The quantitative estimate of drug-likeness (QED) is 0.809. The van der Waals surface area contributed by atoms with Gasteiger partial charge in [0.25, 0.3) is 0 Å². The maximum atomic E-state index is 13.4. The maximum absolute atomic E-state index is 13.4. The van der Waals surface area contributed by atoms with Gasteiger partial charge in [-0.15, -0.1) is 11.6 Å². The highest BCUT2D eigenvalue weighted by molar-refractivity contribution is 6.20. The molecule has 0 aromatic heterocycles. The van der Waals surface area contributed by atoms with Gasteiger partial charge in [-0.05, 0) is 37.8 Å². The van der Waals surface area contributed by atoms with Crippen LogP contribution in [0.5, 0.6) is 0 Å². The molecule has 0 amide bonds. The van der Waals surface area contributed by atoms with Crippen molar-refractivity contribution in [3.05, 3.63) is 35.6 Å². The highest BCUT2D eigenvalue weighted by atomic mass is 35.5. The van der Waals surface area contributed by atoms with Gasteiger partial charge in [-0.25, -0.2) is 4.39 Å². The summed E-state index contributed by atoms with van der Waals surface area (Å²) >= 11 is 6.14. The SMILES string of the molecule is Fc1ccccc1CNCC1CCCC(Cl)C1. The van der Waals surface area contributed by atoms with E-state index in [9.17, 15) is 4.39 Å². The molecule has 1 aromatic rings. The minimum atomic E-state index is -0.126. The molecule has 2 unspecified atom stereocenters. The number of benzene rings is 1. The molecule has 1 fully saturated rings. The average molecular weight is 256 g/mol. The zero-order valence-electron chi connectivity index (χ0n) is 9.96. The molecule has 1 aliphatic carbocycles. The monoisotopic (exact) mass is 255 g/mol. The Labute approximate surface area is 107 Å². The lowest BCUT2D eigenvalue weighted by atomic mass is 9.89. The van der Waals surface area contributed by atoms with E-state index in [1.807, 2.05) is 12.1 Å². The van der Waals surface area contributed by atoms with Crippen molar-refractivity contribution in [2.24, 2.45) is 5.92 Å². The Bertz CT molecular complexity index is 356. The number of alkyl halides is 1.